The molecule has 0 amide bonds. The Morgan fingerprint density at radius 2 is 1.60 bits per heavy atom. The van der Waals surface area contributed by atoms with Crippen molar-refractivity contribution in [1.29, 1.82) is 0 Å². The summed E-state index contributed by atoms with van der Waals surface area (Å²) in [5.41, 5.74) is 0.549. The van der Waals surface area contributed by atoms with Crippen LogP contribution in [0, 0.1) is 0 Å². The Kier molecular flexibility index (Phi) is 7.96. The van der Waals surface area contributed by atoms with Gasteiger partial charge in [0.25, 0.3) is 0 Å². The fourth-order valence-corrected chi connectivity index (χ4v) is 5.57. The summed E-state index contributed by atoms with van der Waals surface area (Å²) in [4.78, 5) is 0.239. The van der Waals surface area contributed by atoms with Gasteiger partial charge in [-0.15, -0.1) is 0 Å². The molecular formula is C18H19Cl3O2S2. The first kappa shape index (κ1) is 20.9. The first-order valence-corrected chi connectivity index (χ1v) is 11.9. The number of benzene rings is 2. The van der Waals surface area contributed by atoms with Gasteiger partial charge in [-0.05, 0) is 72.9 Å². The van der Waals surface area contributed by atoms with E-state index < -0.39 is 15.1 Å². The van der Waals surface area contributed by atoms with Crippen LogP contribution in [-0.2, 0) is 9.84 Å². The molecule has 25 heavy (non-hydrogen) atoms. The fraction of sp³-hybridized carbons (Fsp3) is 0.333. The highest BCUT2D eigenvalue weighted by atomic mass is 35.5. The molecule has 1 atom stereocenters. The van der Waals surface area contributed by atoms with E-state index in [1.165, 1.54) is 12.1 Å². The van der Waals surface area contributed by atoms with Gasteiger partial charge in [0, 0.05) is 15.1 Å². The summed E-state index contributed by atoms with van der Waals surface area (Å²) < 4.78 is 26.4. The smallest absolute Gasteiger partial charge is 0.185 e. The Labute approximate surface area is 168 Å². The quantitative estimate of drug-likeness (QED) is 0.431. The van der Waals surface area contributed by atoms with Crippen LogP contribution in [0.5, 0.6) is 0 Å². The van der Waals surface area contributed by atoms with E-state index in [-0.39, 0.29) is 4.90 Å². The summed E-state index contributed by atoms with van der Waals surface area (Å²) in [6.45, 7) is 0. The summed E-state index contributed by atoms with van der Waals surface area (Å²) in [5.74, 6) is 0.997. The monoisotopic (exact) mass is 436 g/mol. The van der Waals surface area contributed by atoms with Gasteiger partial charge in [-0.3, -0.25) is 0 Å². The molecule has 0 aliphatic rings. The minimum absolute atomic E-state index is 0.239. The lowest BCUT2D eigenvalue weighted by molar-refractivity contribution is 0.569. The second-order valence-corrected chi connectivity index (χ2v) is 10.0. The Balaban J connectivity index is 2.42. The lowest BCUT2D eigenvalue weighted by Crippen LogP contribution is -2.15. The molecule has 0 radical (unpaired) electrons. The molecule has 0 saturated heterocycles. The van der Waals surface area contributed by atoms with Crippen LogP contribution in [0.4, 0.5) is 0 Å². The lowest BCUT2D eigenvalue weighted by Gasteiger charge is -2.20. The van der Waals surface area contributed by atoms with Crippen molar-refractivity contribution >= 4 is 56.4 Å². The highest BCUT2D eigenvalue weighted by molar-refractivity contribution is 7.98. The minimum Gasteiger partial charge on any atom is -0.223 e. The van der Waals surface area contributed by atoms with Crippen LogP contribution in [0.2, 0.25) is 15.1 Å². The Hall–Kier alpha value is -0.390. The van der Waals surface area contributed by atoms with Crippen LogP contribution in [-0.4, -0.2) is 20.4 Å². The second-order valence-electron chi connectivity index (χ2n) is 5.64. The standard InChI is InChI=1S/C18H19Cl3O2S2/c1-24-11-3-2-4-18(16-12-14(20)7-10-17(16)21)25(22,23)15-8-5-13(19)6-9-15/h5-10,12,18H,2-4,11H2,1H3. The summed E-state index contributed by atoms with van der Waals surface area (Å²) in [6.07, 6.45) is 4.27. The van der Waals surface area contributed by atoms with Crippen molar-refractivity contribution in [2.75, 3.05) is 12.0 Å². The van der Waals surface area contributed by atoms with E-state index in [0.717, 1.165) is 18.6 Å². The Bertz CT molecular complexity index is 806. The zero-order valence-electron chi connectivity index (χ0n) is 13.7. The van der Waals surface area contributed by atoms with Gasteiger partial charge < -0.3 is 0 Å². The predicted molar refractivity (Wildman–Crippen MR) is 110 cm³/mol. The van der Waals surface area contributed by atoms with Crippen LogP contribution in [0.15, 0.2) is 47.4 Å². The molecule has 2 nitrogen and oxygen atoms in total. The maximum absolute atomic E-state index is 13.2. The summed E-state index contributed by atoms with van der Waals surface area (Å²) >= 11 is 20.0. The second kappa shape index (κ2) is 9.52. The van der Waals surface area contributed by atoms with E-state index in [1.807, 2.05) is 6.26 Å². The molecule has 0 bridgehead atoms. The zero-order chi connectivity index (χ0) is 18.4. The number of sulfone groups is 1. The van der Waals surface area contributed by atoms with Gasteiger partial charge in [0.05, 0.1) is 10.1 Å². The van der Waals surface area contributed by atoms with E-state index in [2.05, 4.69) is 0 Å². The van der Waals surface area contributed by atoms with Gasteiger partial charge in [-0.25, -0.2) is 8.42 Å². The summed E-state index contributed by atoms with van der Waals surface area (Å²) in [6, 6.07) is 11.2. The Morgan fingerprint density at radius 3 is 2.24 bits per heavy atom. The van der Waals surface area contributed by atoms with E-state index in [4.69, 9.17) is 34.8 Å². The first-order chi connectivity index (χ1) is 11.9. The normalized spacial score (nSPS) is 13.0. The third-order valence-electron chi connectivity index (χ3n) is 3.89. The highest BCUT2D eigenvalue weighted by Crippen LogP contribution is 2.38. The molecule has 2 aromatic rings. The molecule has 0 saturated carbocycles. The van der Waals surface area contributed by atoms with Crippen molar-refractivity contribution in [3.8, 4) is 0 Å². The molecule has 0 heterocycles. The lowest BCUT2D eigenvalue weighted by atomic mass is 10.1. The average molecular weight is 438 g/mol. The van der Waals surface area contributed by atoms with Gasteiger partial charge in [-0.2, -0.15) is 11.8 Å². The summed E-state index contributed by atoms with van der Waals surface area (Å²) in [7, 11) is -3.61. The van der Waals surface area contributed by atoms with Gasteiger partial charge >= 0.3 is 0 Å². The molecule has 2 rings (SSSR count). The van der Waals surface area contributed by atoms with Crippen LogP contribution >= 0.6 is 46.6 Å². The van der Waals surface area contributed by atoms with Crippen molar-refractivity contribution < 1.29 is 8.42 Å². The molecule has 0 aliphatic heterocycles. The van der Waals surface area contributed by atoms with Crippen LogP contribution in [0.25, 0.3) is 0 Å². The zero-order valence-corrected chi connectivity index (χ0v) is 17.6. The molecule has 7 heteroatoms. The van der Waals surface area contributed by atoms with Crippen molar-refractivity contribution in [2.24, 2.45) is 0 Å². The van der Waals surface area contributed by atoms with Crippen LogP contribution < -0.4 is 0 Å². The highest BCUT2D eigenvalue weighted by Gasteiger charge is 2.30. The summed E-state index contributed by atoms with van der Waals surface area (Å²) in [5, 5.41) is 0.648. The molecule has 0 aliphatic carbocycles. The van der Waals surface area contributed by atoms with Crippen LogP contribution in [0.1, 0.15) is 30.1 Å². The number of halogens is 3. The molecule has 0 aromatic heterocycles. The first-order valence-electron chi connectivity index (χ1n) is 7.79. The van der Waals surface area contributed by atoms with Crippen molar-refractivity contribution in [3.63, 3.8) is 0 Å². The minimum atomic E-state index is -3.61. The molecule has 0 spiro atoms. The maximum atomic E-state index is 13.2. The number of unbranched alkanes of at least 4 members (excludes halogenated alkanes) is 1. The third kappa shape index (κ3) is 5.54. The van der Waals surface area contributed by atoms with Crippen molar-refractivity contribution in [2.45, 2.75) is 29.4 Å². The number of rotatable bonds is 8. The Morgan fingerprint density at radius 1 is 0.960 bits per heavy atom. The molecule has 136 valence electrons. The molecular weight excluding hydrogens is 419 g/mol. The molecule has 0 N–H and O–H groups in total. The largest absolute Gasteiger partial charge is 0.223 e. The molecule has 0 fully saturated rings. The molecule has 1 unspecified atom stereocenters. The molecule has 2 aromatic carbocycles. The van der Waals surface area contributed by atoms with E-state index >= 15 is 0 Å². The predicted octanol–water partition coefficient (Wildman–Crippen LogP) is 6.70. The number of hydrogen-bond acceptors (Lipinski definition) is 3. The van der Waals surface area contributed by atoms with E-state index in [1.54, 1.807) is 42.1 Å². The van der Waals surface area contributed by atoms with Crippen LogP contribution in [0.3, 0.4) is 0 Å². The van der Waals surface area contributed by atoms with E-state index in [0.29, 0.717) is 27.1 Å². The average Bonchev–Trinajstić information content (AvgIpc) is 2.57. The van der Waals surface area contributed by atoms with E-state index in [9.17, 15) is 8.42 Å². The van der Waals surface area contributed by atoms with Gasteiger partial charge in [0.1, 0.15) is 0 Å². The fourth-order valence-electron chi connectivity index (χ4n) is 2.60. The maximum Gasteiger partial charge on any atom is 0.185 e. The van der Waals surface area contributed by atoms with Crippen molar-refractivity contribution in [3.05, 3.63) is 63.1 Å². The number of hydrogen-bond donors (Lipinski definition) is 0. The topological polar surface area (TPSA) is 34.1 Å². The van der Waals surface area contributed by atoms with Gasteiger partial charge in [-0.1, -0.05) is 41.2 Å². The van der Waals surface area contributed by atoms with Gasteiger partial charge in [0.2, 0.25) is 0 Å². The SMILES string of the molecule is CSCCCCC(c1cc(Cl)ccc1Cl)S(=O)(=O)c1ccc(Cl)cc1. The third-order valence-corrected chi connectivity index (χ3v) is 7.58. The van der Waals surface area contributed by atoms with Gasteiger partial charge in [0.15, 0.2) is 9.84 Å². The van der Waals surface area contributed by atoms with Crippen molar-refractivity contribution in [1.82, 2.24) is 0 Å². The number of thioether (sulfide) groups is 1.